The molecule has 1 atom stereocenters. The van der Waals surface area contributed by atoms with Crippen molar-refractivity contribution in [2.45, 2.75) is 64.3 Å². The van der Waals surface area contributed by atoms with Gasteiger partial charge in [-0.25, -0.2) is 0 Å². The van der Waals surface area contributed by atoms with Crippen LogP contribution in [-0.2, 0) is 6.42 Å². The van der Waals surface area contributed by atoms with E-state index in [4.69, 9.17) is 4.42 Å². The monoisotopic (exact) mass is 235 g/mol. The van der Waals surface area contributed by atoms with Gasteiger partial charge in [-0.05, 0) is 31.9 Å². The average molecular weight is 235 g/mol. The van der Waals surface area contributed by atoms with Crippen molar-refractivity contribution < 1.29 is 4.42 Å². The molecule has 2 heteroatoms. The topological polar surface area (TPSA) is 25.2 Å². The first-order valence-corrected chi connectivity index (χ1v) is 7.21. The maximum absolute atomic E-state index is 5.51. The molecular formula is C15H25NO. The van der Waals surface area contributed by atoms with Crippen molar-refractivity contribution >= 4 is 0 Å². The van der Waals surface area contributed by atoms with Gasteiger partial charge in [0, 0.05) is 18.0 Å². The summed E-state index contributed by atoms with van der Waals surface area (Å²) in [7, 11) is 0. The summed E-state index contributed by atoms with van der Waals surface area (Å²) >= 11 is 0. The van der Waals surface area contributed by atoms with Crippen molar-refractivity contribution in [3.63, 3.8) is 0 Å². The third-order valence-corrected chi connectivity index (χ3v) is 3.72. The maximum atomic E-state index is 5.51. The van der Waals surface area contributed by atoms with Crippen molar-refractivity contribution in [1.29, 1.82) is 0 Å². The van der Waals surface area contributed by atoms with Crippen LogP contribution in [0.2, 0.25) is 0 Å². The quantitative estimate of drug-likeness (QED) is 0.716. The van der Waals surface area contributed by atoms with Crippen LogP contribution in [0.15, 0.2) is 16.7 Å². The molecule has 0 aliphatic heterocycles. The number of fused-ring (bicyclic) bond motifs is 1. The van der Waals surface area contributed by atoms with Crippen LogP contribution in [0.1, 0.15) is 69.2 Å². The number of nitrogens with one attached hydrogen (secondary N) is 1. The van der Waals surface area contributed by atoms with E-state index in [9.17, 15) is 0 Å². The second-order valence-corrected chi connectivity index (χ2v) is 5.11. The van der Waals surface area contributed by atoms with Crippen LogP contribution in [0.25, 0.3) is 0 Å². The van der Waals surface area contributed by atoms with Crippen LogP contribution < -0.4 is 5.32 Å². The zero-order valence-corrected chi connectivity index (χ0v) is 11.0. The molecule has 1 unspecified atom stereocenters. The molecule has 17 heavy (non-hydrogen) atoms. The standard InChI is InChI=1S/C15H25NO/c1-2-3-4-5-6-11-16-14-8-7-9-15-13(14)10-12-17-15/h10,12,14,16H,2-9,11H2,1H3. The van der Waals surface area contributed by atoms with Crippen molar-refractivity contribution in [3.8, 4) is 0 Å². The summed E-state index contributed by atoms with van der Waals surface area (Å²) < 4.78 is 5.51. The summed E-state index contributed by atoms with van der Waals surface area (Å²) in [6.45, 7) is 3.42. The molecule has 1 aliphatic carbocycles. The Hall–Kier alpha value is -0.760. The van der Waals surface area contributed by atoms with Crippen molar-refractivity contribution in [3.05, 3.63) is 23.7 Å². The molecule has 1 aromatic heterocycles. The van der Waals surface area contributed by atoms with Crippen LogP contribution >= 0.6 is 0 Å². The Morgan fingerprint density at radius 2 is 2.18 bits per heavy atom. The smallest absolute Gasteiger partial charge is 0.108 e. The summed E-state index contributed by atoms with van der Waals surface area (Å²) in [4.78, 5) is 0. The van der Waals surface area contributed by atoms with E-state index in [1.54, 1.807) is 0 Å². The molecule has 2 nitrogen and oxygen atoms in total. The molecule has 96 valence electrons. The highest BCUT2D eigenvalue weighted by atomic mass is 16.3. The van der Waals surface area contributed by atoms with E-state index in [2.05, 4.69) is 18.3 Å². The van der Waals surface area contributed by atoms with Gasteiger partial charge in [0.1, 0.15) is 5.76 Å². The lowest BCUT2D eigenvalue weighted by molar-refractivity contribution is 0.407. The minimum atomic E-state index is 0.545. The van der Waals surface area contributed by atoms with Crippen LogP contribution in [0.4, 0.5) is 0 Å². The Bertz CT molecular complexity index is 318. The minimum Gasteiger partial charge on any atom is -0.469 e. The number of hydrogen-bond donors (Lipinski definition) is 1. The molecule has 0 bridgehead atoms. The van der Waals surface area contributed by atoms with Gasteiger partial charge in [-0.15, -0.1) is 0 Å². The second kappa shape index (κ2) is 6.85. The molecule has 0 aromatic carbocycles. The molecule has 1 aliphatic rings. The first-order chi connectivity index (χ1) is 8.42. The van der Waals surface area contributed by atoms with Gasteiger partial charge in [0.15, 0.2) is 0 Å². The SMILES string of the molecule is CCCCCCCNC1CCCc2occc21. The number of furan rings is 1. The Morgan fingerprint density at radius 1 is 1.29 bits per heavy atom. The second-order valence-electron chi connectivity index (χ2n) is 5.11. The third kappa shape index (κ3) is 3.60. The fraction of sp³-hybridized carbons (Fsp3) is 0.733. The normalized spacial score (nSPS) is 19.2. The number of hydrogen-bond acceptors (Lipinski definition) is 2. The Kier molecular flexibility index (Phi) is 5.11. The predicted molar refractivity (Wildman–Crippen MR) is 71.1 cm³/mol. The van der Waals surface area contributed by atoms with E-state index >= 15 is 0 Å². The predicted octanol–water partition coefficient (Wildman–Crippen LogP) is 4.22. The van der Waals surface area contributed by atoms with Crippen LogP contribution in [0.5, 0.6) is 0 Å². The zero-order chi connectivity index (χ0) is 11.9. The molecule has 0 saturated carbocycles. The summed E-state index contributed by atoms with van der Waals surface area (Å²) in [5.41, 5.74) is 1.41. The van der Waals surface area contributed by atoms with Gasteiger partial charge < -0.3 is 9.73 Å². The molecule has 2 rings (SSSR count). The summed E-state index contributed by atoms with van der Waals surface area (Å²) in [6.07, 6.45) is 12.3. The summed E-state index contributed by atoms with van der Waals surface area (Å²) in [5.74, 6) is 1.21. The molecule has 0 saturated heterocycles. The minimum absolute atomic E-state index is 0.545. The summed E-state index contributed by atoms with van der Waals surface area (Å²) in [6, 6.07) is 2.69. The number of rotatable bonds is 7. The van der Waals surface area contributed by atoms with Crippen molar-refractivity contribution in [2.75, 3.05) is 6.54 Å². The Balaban J connectivity index is 1.67. The van der Waals surface area contributed by atoms with Crippen LogP contribution in [-0.4, -0.2) is 6.54 Å². The molecule has 0 radical (unpaired) electrons. The first-order valence-electron chi connectivity index (χ1n) is 7.21. The van der Waals surface area contributed by atoms with E-state index in [-0.39, 0.29) is 0 Å². The largest absolute Gasteiger partial charge is 0.469 e. The average Bonchev–Trinajstić information content (AvgIpc) is 2.82. The fourth-order valence-electron chi connectivity index (χ4n) is 2.70. The number of aryl methyl sites for hydroxylation is 1. The molecule has 0 amide bonds. The highest BCUT2D eigenvalue weighted by Crippen LogP contribution is 2.30. The van der Waals surface area contributed by atoms with Crippen LogP contribution in [0, 0.1) is 0 Å². The summed E-state index contributed by atoms with van der Waals surface area (Å²) in [5, 5.41) is 3.68. The Labute approximate surface area is 105 Å². The molecule has 1 N–H and O–H groups in total. The number of unbranched alkanes of at least 4 members (excludes halogenated alkanes) is 4. The molecular weight excluding hydrogens is 210 g/mol. The van der Waals surface area contributed by atoms with Gasteiger partial charge in [-0.1, -0.05) is 32.6 Å². The lowest BCUT2D eigenvalue weighted by Crippen LogP contribution is -2.25. The molecule has 0 spiro atoms. The highest BCUT2D eigenvalue weighted by Gasteiger charge is 2.21. The van der Waals surface area contributed by atoms with E-state index in [1.165, 1.54) is 56.3 Å². The van der Waals surface area contributed by atoms with E-state index in [0.717, 1.165) is 13.0 Å². The van der Waals surface area contributed by atoms with Gasteiger partial charge >= 0.3 is 0 Å². The van der Waals surface area contributed by atoms with Gasteiger partial charge in [0.25, 0.3) is 0 Å². The van der Waals surface area contributed by atoms with E-state index < -0.39 is 0 Å². The van der Waals surface area contributed by atoms with Gasteiger partial charge in [-0.3, -0.25) is 0 Å². The lowest BCUT2D eigenvalue weighted by Gasteiger charge is -2.22. The van der Waals surface area contributed by atoms with Gasteiger partial charge in [0.05, 0.1) is 6.26 Å². The van der Waals surface area contributed by atoms with E-state index in [1.807, 2.05) is 6.26 Å². The van der Waals surface area contributed by atoms with Gasteiger partial charge in [0.2, 0.25) is 0 Å². The third-order valence-electron chi connectivity index (χ3n) is 3.72. The maximum Gasteiger partial charge on any atom is 0.108 e. The fourth-order valence-corrected chi connectivity index (χ4v) is 2.70. The van der Waals surface area contributed by atoms with E-state index in [0.29, 0.717) is 6.04 Å². The molecule has 1 aromatic rings. The van der Waals surface area contributed by atoms with Crippen molar-refractivity contribution in [1.82, 2.24) is 5.32 Å². The van der Waals surface area contributed by atoms with Crippen molar-refractivity contribution in [2.24, 2.45) is 0 Å². The molecule has 0 fully saturated rings. The van der Waals surface area contributed by atoms with Crippen LogP contribution in [0.3, 0.4) is 0 Å². The molecule has 1 heterocycles. The highest BCUT2D eigenvalue weighted by molar-refractivity contribution is 5.23. The Morgan fingerprint density at radius 3 is 3.06 bits per heavy atom. The first kappa shape index (κ1) is 12.7. The lowest BCUT2D eigenvalue weighted by atomic mass is 9.93. The zero-order valence-electron chi connectivity index (χ0n) is 11.0. The van der Waals surface area contributed by atoms with Gasteiger partial charge in [-0.2, -0.15) is 0 Å².